The summed E-state index contributed by atoms with van der Waals surface area (Å²) in [6, 6.07) is 28.4. The first-order valence-corrected chi connectivity index (χ1v) is 9.09. The van der Waals surface area contributed by atoms with Gasteiger partial charge in [0.1, 0.15) is 5.75 Å². The van der Waals surface area contributed by atoms with Gasteiger partial charge in [0, 0.05) is 11.6 Å². The average Bonchev–Trinajstić information content (AvgIpc) is 2.80. The number of ether oxygens (including phenoxy) is 2. The monoisotopic (exact) mass is 382 g/mol. The van der Waals surface area contributed by atoms with Gasteiger partial charge in [0.2, 0.25) is 5.88 Å². The van der Waals surface area contributed by atoms with Crippen LogP contribution in [-0.4, -0.2) is 23.3 Å². The molecule has 0 spiro atoms. The number of benzene rings is 3. The summed E-state index contributed by atoms with van der Waals surface area (Å²) in [7, 11) is 1.54. The number of aromatic nitrogens is 2. The maximum Gasteiger partial charge on any atom is 0.345 e. The van der Waals surface area contributed by atoms with Crippen LogP contribution in [0.15, 0.2) is 91.0 Å². The van der Waals surface area contributed by atoms with Crippen molar-refractivity contribution in [3.63, 3.8) is 0 Å². The molecular weight excluding hydrogens is 364 g/mol. The molecule has 1 aromatic heterocycles. The third kappa shape index (κ3) is 4.30. The van der Waals surface area contributed by atoms with Crippen LogP contribution in [0, 0.1) is 0 Å². The predicted octanol–water partition coefficient (Wildman–Crippen LogP) is 5.04. The summed E-state index contributed by atoms with van der Waals surface area (Å²) in [5, 5.41) is 8.20. The number of carbonyl (C=O) groups is 1. The van der Waals surface area contributed by atoms with Crippen LogP contribution in [0.2, 0.25) is 0 Å². The van der Waals surface area contributed by atoms with Gasteiger partial charge in [0.25, 0.3) is 0 Å². The van der Waals surface area contributed by atoms with Crippen molar-refractivity contribution in [3.05, 3.63) is 96.6 Å². The SMILES string of the molecule is COc1cccc(C(=O)Oc2ccc(-c3ccc(-c4ccccc4)cc3)nn2)c1. The number of hydrogen-bond donors (Lipinski definition) is 0. The van der Waals surface area contributed by atoms with Crippen molar-refractivity contribution in [1.29, 1.82) is 0 Å². The summed E-state index contributed by atoms with van der Waals surface area (Å²) in [4.78, 5) is 12.3. The number of nitrogens with zero attached hydrogens (tertiary/aromatic N) is 2. The Hall–Kier alpha value is -3.99. The fourth-order valence-electron chi connectivity index (χ4n) is 2.90. The molecule has 0 aliphatic heterocycles. The second-order valence-corrected chi connectivity index (χ2v) is 6.32. The summed E-state index contributed by atoms with van der Waals surface area (Å²) in [6.07, 6.45) is 0. The summed E-state index contributed by atoms with van der Waals surface area (Å²) in [6.45, 7) is 0. The molecule has 5 nitrogen and oxygen atoms in total. The van der Waals surface area contributed by atoms with E-state index in [9.17, 15) is 4.79 Å². The van der Waals surface area contributed by atoms with Crippen LogP contribution in [0.4, 0.5) is 0 Å². The molecule has 0 saturated heterocycles. The molecule has 0 amide bonds. The molecule has 0 aliphatic rings. The van der Waals surface area contributed by atoms with Gasteiger partial charge >= 0.3 is 5.97 Å². The highest BCUT2D eigenvalue weighted by Crippen LogP contribution is 2.24. The van der Waals surface area contributed by atoms with Crippen molar-refractivity contribution >= 4 is 5.97 Å². The van der Waals surface area contributed by atoms with Crippen LogP contribution in [0.3, 0.4) is 0 Å². The molecule has 0 saturated carbocycles. The van der Waals surface area contributed by atoms with E-state index in [0.29, 0.717) is 17.0 Å². The van der Waals surface area contributed by atoms with Crippen LogP contribution in [0.5, 0.6) is 11.6 Å². The Morgan fingerprint density at radius 2 is 1.45 bits per heavy atom. The normalized spacial score (nSPS) is 10.4. The molecule has 0 N–H and O–H groups in total. The second-order valence-electron chi connectivity index (χ2n) is 6.32. The second kappa shape index (κ2) is 8.35. The summed E-state index contributed by atoms with van der Waals surface area (Å²) < 4.78 is 10.4. The largest absolute Gasteiger partial charge is 0.497 e. The van der Waals surface area contributed by atoms with Crippen molar-refractivity contribution in [3.8, 4) is 34.0 Å². The van der Waals surface area contributed by atoms with Crippen LogP contribution < -0.4 is 9.47 Å². The zero-order valence-electron chi connectivity index (χ0n) is 15.8. The van der Waals surface area contributed by atoms with Gasteiger partial charge in [0.15, 0.2) is 0 Å². The lowest BCUT2D eigenvalue weighted by atomic mass is 10.0. The van der Waals surface area contributed by atoms with Crippen LogP contribution in [0.25, 0.3) is 22.4 Å². The Kier molecular flexibility index (Phi) is 5.29. The van der Waals surface area contributed by atoms with Crippen LogP contribution >= 0.6 is 0 Å². The van der Waals surface area contributed by atoms with Gasteiger partial charge in [-0.1, -0.05) is 60.7 Å². The zero-order valence-corrected chi connectivity index (χ0v) is 15.8. The fourth-order valence-corrected chi connectivity index (χ4v) is 2.90. The number of rotatable bonds is 5. The Bertz CT molecular complexity index is 1110. The smallest absolute Gasteiger partial charge is 0.345 e. The van der Waals surface area contributed by atoms with Crippen molar-refractivity contribution in [2.45, 2.75) is 0 Å². The number of hydrogen-bond acceptors (Lipinski definition) is 5. The molecule has 0 bridgehead atoms. The molecule has 1 heterocycles. The van der Waals surface area contributed by atoms with E-state index in [1.54, 1.807) is 43.5 Å². The van der Waals surface area contributed by atoms with Crippen molar-refractivity contribution in [1.82, 2.24) is 10.2 Å². The maximum atomic E-state index is 12.3. The highest BCUT2D eigenvalue weighted by atomic mass is 16.5. The lowest BCUT2D eigenvalue weighted by molar-refractivity contribution is 0.0725. The van der Waals surface area contributed by atoms with E-state index in [1.165, 1.54) is 0 Å². The summed E-state index contributed by atoms with van der Waals surface area (Å²) >= 11 is 0. The molecule has 0 atom stereocenters. The van der Waals surface area contributed by atoms with Crippen LogP contribution in [-0.2, 0) is 0 Å². The molecule has 0 fully saturated rings. The molecule has 142 valence electrons. The highest BCUT2D eigenvalue weighted by Gasteiger charge is 2.11. The first-order chi connectivity index (χ1) is 14.2. The number of methoxy groups -OCH3 is 1. The quantitative estimate of drug-likeness (QED) is 0.453. The van der Waals surface area contributed by atoms with E-state index < -0.39 is 5.97 Å². The molecule has 4 aromatic rings. The van der Waals surface area contributed by atoms with Gasteiger partial charge in [-0.25, -0.2) is 4.79 Å². The van der Waals surface area contributed by atoms with E-state index >= 15 is 0 Å². The van der Waals surface area contributed by atoms with Gasteiger partial charge in [0.05, 0.1) is 18.4 Å². The van der Waals surface area contributed by atoms with Crippen molar-refractivity contribution < 1.29 is 14.3 Å². The molecule has 0 radical (unpaired) electrons. The van der Waals surface area contributed by atoms with Gasteiger partial charge in [-0.15, -0.1) is 10.2 Å². The average molecular weight is 382 g/mol. The van der Waals surface area contributed by atoms with Gasteiger partial charge in [-0.2, -0.15) is 0 Å². The highest BCUT2D eigenvalue weighted by molar-refractivity contribution is 5.91. The molecule has 0 unspecified atom stereocenters. The molecule has 4 rings (SSSR count). The first-order valence-electron chi connectivity index (χ1n) is 9.09. The Morgan fingerprint density at radius 1 is 0.724 bits per heavy atom. The van der Waals surface area contributed by atoms with E-state index in [1.807, 2.05) is 42.5 Å². The van der Waals surface area contributed by atoms with E-state index in [-0.39, 0.29) is 5.88 Å². The Balaban J connectivity index is 1.47. The molecule has 3 aromatic carbocycles. The van der Waals surface area contributed by atoms with Crippen LogP contribution in [0.1, 0.15) is 10.4 Å². The lowest BCUT2D eigenvalue weighted by Gasteiger charge is -2.06. The van der Waals surface area contributed by atoms with E-state index in [2.05, 4.69) is 22.3 Å². The number of esters is 1. The van der Waals surface area contributed by atoms with E-state index in [0.717, 1.165) is 16.7 Å². The predicted molar refractivity (Wildman–Crippen MR) is 111 cm³/mol. The minimum absolute atomic E-state index is 0.141. The molecule has 29 heavy (non-hydrogen) atoms. The third-order valence-electron chi connectivity index (χ3n) is 4.43. The Labute approximate surface area is 168 Å². The standard InChI is InChI=1S/C24H18N2O3/c1-28-21-9-5-8-20(16-21)24(27)29-23-15-14-22(25-26-23)19-12-10-18(11-13-19)17-6-3-2-4-7-17/h2-16H,1H3. The van der Waals surface area contributed by atoms with Gasteiger partial charge in [-0.05, 0) is 35.4 Å². The maximum absolute atomic E-state index is 12.3. The molecule has 5 heteroatoms. The third-order valence-corrected chi connectivity index (χ3v) is 4.43. The van der Waals surface area contributed by atoms with Crippen molar-refractivity contribution in [2.24, 2.45) is 0 Å². The first kappa shape index (κ1) is 18.4. The van der Waals surface area contributed by atoms with E-state index in [4.69, 9.17) is 9.47 Å². The van der Waals surface area contributed by atoms with Gasteiger partial charge < -0.3 is 9.47 Å². The topological polar surface area (TPSA) is 61.3 Å². The fraction of sp³-hybridized carbons (Fsp3) is 0.0417. The number of carbonyl (C=O) groups excluding carboxylic acids is 1. The lowest BCUT2D eigenvalue weighted by Crippen LogP contribution is -2.10. The minimum atomic E-state index is -0.516. The van der Waals surface area contributed by atoms with Crippen molar-refractivity contribution in [2.75, 3.05) is 7.11 Å². The summed E-state index contributed by atoms with van der Waals surface area (Å²) in [5.41, 5.74) is 4.30. The van der Waals surface area contributed by atoms with Gasteiger partial charge in [-0.3, -0.25) is 0 Å². The molecule has 0 aliphatic carbocycles. The zero-order chi connectivity index (χ0) is 20.1. The molecular formula is C24H18N2O3. The Morgan fingerprint density at radius 3 is 2.14 bits per heavy atom. The minimum Gasteiger partial charge on any atom is -0.497 e. The summed E-state index contributed by atoms with van der Waals surface area (Å²) in [5.74, 6) is 0.209.